The standard InChI is InChI=1S/C22H22N2O4/c1-3-27-20-12-11-16(13-21(20)26-2)14-23-24-22(25)15-28-19-10-6-8-17-7-4-5-9-18(17)19/h4-14H,3,15H2,1-2H3,(H,24,25)/b23-14+. The smallest absolute Gasteiger partial charge is 0.277 e. The van der Waals surface area contributed by atoms with Gasteiger partial charge in [0.05, 0.1) is 19.9 Å². The number of amides is 1. The molecule has 3 rings (SSSR count). The van der Waals surface area contributed by atoms with Crippen molar-refractivity contribution in [3.05, 3.63) is 66.2 Å². The molecule has 0 unspecified atom stereocenters. The van der Waals surface area contributed by atoms with Gasteiger partial charge in [-0.05, 0) is 42.1 Å². The zero-order valence-electron chi connectivity index (χ0n) is 15.8. The quantitative estimate of drug-likeness (QED) is 0.478. The maximum atomic E-state index is 12.0. The van der Waals surface area contributed by atoms with E-state index in [4.69, 9.17) is 14.2 Å². The van der Waals surface area contributed by atoms with Crippen LogP contribution in [0.5, 0.6) is 17.2 Å². The van der Waals surface area contributed by atoms with E-state index < -0.39 is 0 Å². The summed E-state index contributed by atoms with van der Waals surface area (Å²) in [7, 11) is 1.57. The second-order valence-corrected chi connectivity index (χ2v) is 5.90. The molecule has 0 aliphatic rings. The Bertz CT molecular complexity index is 980. The number of hydrazone groups is 1. The largest absolute Gasteiger partial charge is 0.493 e. The second kappa shape index (κ2) is 9.41. The first kappa shape index (κ1) is 19.2. The summed E-state index contributed by atoms with van der Waals surface area (Å²) in [5.41, 5.74) is 3.23. The Kier molecular flexibility index (Phi) is 6.46. The Balaban J connectivity index is 1.57. The molecular formula is C22H22N2O4. The molecule has 1 N–H and O–H groups in total. The van der Waals surface area contributed by atoms with Gasteiger partial charge < -0.3 is 14.2 Å². The Morgan fingerprint density at radius 1 is 1.00 bits per heavy atom. The minimum atomic E-state index is -0.345. The van der Waals surface area contributed by atoms with Gasteiger partial charge in [0, 0.05) is 5.39 Å². The Morgan fingerprint density at radius 2 is 1.82 bits per heavy atom. The molecular weight excluding hydrogens is 356 g/mol. The fourth-order valence-corrected chi connectivity index (χ4v) is 2.72. The van der Waals surface area contributed by atoms with E-state index in [9.17, 15) is 4.79 Å². The van der Waals surface area contributed by atoms with Crippen molar-refractivity contribution in [1.82, 2.24) is 5.43 Å². The van der Waals surface area contributed by atoms with Gasteiger partial charge in [-0.2, -0.15) is 5.10 Å². The van der Waals surface area contributed by atoms with Crippen LogP contribution < -0.4 is 19.6 Å². The monoisotopic (exact) mass is 378 g/mol. The molecule has 0 saturated heterocycles. The van der Waals surface area contributed by atoms with Gasteiger partial charge in [-0.3, -0.25) is 4.79 Å². The molecule has 0 aromatic heterocycles. The summed E-state index contributed by atoms with van der Waals surface area (Å²) in [6.07, 6.45) is 1.54. The highest BCUT2D eigenvalue weighted by Crippen LogP contribution is 2.27. The number of ether oxygens (including phenoxy) is 3. The zero-order chi connectivity index (χ0) is 19.8. The molecule has 0 radical (unpaired) electrons. The summed E-state index contributed by atoms with van der Waals surface area (Å²) in [5, 5.41) is 5.99. The number of hydrogen-bond donors (Lipinski definition) is 1. The van der Waals surface area contributed by atoms with Crippen molar-refractivity contribution in [3.63, 3.8) is 0 Å². The summed E-state index contributed by atoms with van der Waals surface area (Å²) in [6, 6.07) is 19.0. The van der Waals surface area contributed by atoms with Crippen molar-refractivity contribution < 1.29 is 19.0 Å². The number of fused-ring (bicyclic) bond motifs is 1. The van der Waals surface area contributed by atoms with Crippen molar-refractivity contribution in [2.24, 2.45) is 5.10 Å². The van der Waals surface area contributed by atoms with Gasteiger partial charge in [-0.1, -0.05) is 36.4 Å². The molecule has 0 atom stereocenters. The number of carbonyl (C=O) groups is 1. The normalized spacial score (nSPS) is 10.8. The van der Waals surface area contributed by atoms with Gasteiger partial charge in [-0.25, -0.2) is 5.43 Å². The van der Waals surface area contributed by atoms with E-state index in [1.165, 1.54) is 6.21 Å². The summed E-state index contributed by atoms with van der Waals surface area (Å²) < 4.78 is 16.4. The Hall–Kier alpha value is -3.54. The summed E-state index contributed by atoms with van der Waals surface area (Å²) in [6.45, 7) is 2.33. The van der Waals surface area contributed by atoms with Crippen LogP contribution in [0, 0.1) is 0 Å². The molecule has 0 aliphatic heterocycles. The summed E-state index contributed by atoms with van der Waals surface area (Å²) in [5.74, 6) is 1.58. The van der Waals surface area contributed by atoms with Crippen molar-refractivity contribution in [1.29, 1.82) is 0 Å². The molecule has 3 aromatic rings. The van der Waals surface area contributed by atoms with Crippen LogP contribution in [0.15, 0.2) is 65.8 Å². The van der Waals surface area contributed by atoms with Gasteiger partial charge >= 0.3 is 0 Å². The Morgan fingerprint density at radius 3 is 2.64 bits per heavy atom. The van der Waals surface area contributed by atoms with Gasteiger partial charge in [-0.15, -0.1) is 0 Å². The molecule has 0 heterocycles. The van der Waals surface area contributed by atoms with E-state index >= 15 is 0 Å². The number of rotatable bonds is 8. The van der Waals surface area contributed by atoms with Crippen LogP contribution >= 0.6 is 0 Å². The van der Waals surface area contributed by atoms with Crippen molar-refractivity contribution >= 4 is 22.9 Å². The molecule has 1 amide bonds. The SMILES string of the molecule is CCOc1ccc(/C=N/NC(=O)COc2cccc3ccccc23)cc1OC. The lowest BCUT2D eigenvalue weighted by molar-refractivity contribution is -0.123. The molecule has 0 aliphatic carbocycles. The van der Waals surface area contributed by atoms with Gasteiger partial charge in [0.1, 0.15) is 5.75 Å². The third kappa shape index (κ3) is 4.79. The first-order valence-corrected chi connectivity index (χ1v) is 8.94. The number of carbonyl (C=O) groups excluding carboxylic acids is 1. The fourth-order valence-electron chi connectivity index (χ4n) is 2.72. The van der Waals surface area contributed by atoms with E-state index in [-0.39, 0.29) is 12.5 Å². The molecule has 0 fully saturated rings. The molecule has 28 heavy (non-hydrogen) atoms. The van der Waals surface area contributed by atoms with E-state index in [0.717, 1.165) is 16.3 Å². The van der Waals surface area contributed by atoms with Crippen LogP contribution in [-0.4, -0.2) is 32.4 Å². The van der Waals surface area contributed by atoms with Crippen LogP contribution in [0.25, 0.3) is 10.8 Å². The average molecular weight is 378 g/mol. The Labute approximate surface area is 163 Å². The topological polar surface area (TPSA) is 69.2 Å². The van der Waals surface area contributed by atoms with Gasteiger partial charge in [0.25, 0.3) is 5.91 Å². The highest BCUT2D eigenvalue weighted by Gasteiger charge is 2.06. The molecule has 0 bridgehead atoms. The van der Waals surface area contributed by atoms with Crippen molar-refractivity contribution in [3.8, 4) is 17.2 Å². The first-order chi connectivity index (χ1) is 13.7. The second-order valence-electron chi connectivity index (χ2n) is 5.90. The minimum absolute atomic E-state index is 0.127. The maximum Gasteiger partial charge on any atom is 0.277 e. The molecule has 144 valence electrons. The lowest BCUT2D eigenvalue weighted by Gasteiger charge is -2.09. The molecule has 3 aromatic carbocycles. The number of benzene rings is 3. The number of hydrogen-bond acceptors (Lipinski definition) is 5. The van der Waals surface area contributed by atoms with Gasteiger partial charge in [0.2, 0.25) is 0 Å². The van der Waals surface area contributed by atoms with E-state index in [2.05, 4.69) is 10.5 Å². The lowest BCUT2D eigenvalue weighted by Crippen LogP contribution is -2.24. The third-order valence-electron chi connectivity index (χ3n) is 4.00. The lowest BCUT2D eigenvalue weighted by atomic mass is 10.1. The highest BCUT2D eigenvalue weighted by atomic mass is 16.5. The number of nitrogens with one attached hydrogen (secondary N) is 1. The number of methoxy groups -OCH3 is 1. The van der Waals surface area contributed by atoms with Crippen LogP contribution in [-0.2, 0) is 4.79 Å². The molecule has 0 saturated carbocycles. The van der Waals surface area contributed by atoms with Crippen LogP contribution in [0.1, 0.15) is 12.5 Å². The summed E-state index contributed by atoms with van der Waals surface area (Å²) in [4.78, 5) is 12.0. The van der Waals surface area contributed by atoms with E-state index in [1.54, 1.807) is 19.2 Å². The predicted octanol–water partition coefficient (Wildman–Crippen LogP) is 3.78. The zero-order valence-corrected chi connectivity index (χ0v) is 15.8. The predicted molar refractivity (Wildman–Crippen MR) is 109 cm³/mol. The minimum Gasteiger partial charge on any atom is -0.493 e. The van der Waals surface area contributed by atoms with Crippen LogP contribution in [0.3, 0.4) is 0 Å². The average Bonchev–Trinajstić information content (AvgIpc) is 2.73. The van der Waals surface area contributed by atoms with E-state index in [0.29, 0.717) is 23.9 Å². The maximum absolute atomic E-state index is 12.0. The fraction of sp³-hybridized carbons (Fsp3) is 0.182. The van der Waals surface area contributed by atoms with Crippen molar-refractivity contribution in [2.45, 2.75) is 6.92 Å². The molecule has 6 heteroatoms. The molecule has 6 nitrogen and oxygen atoms in total. The van der Waals surface area contributed by atoms with Crippen molar-refractivity contribution in [2.75, 3.05) is 20.3 Å². The van der Waals surface area contributed by atoms with E-state index in [1.807, 2.05) is 55.5 Å². The molecule has 0 spiro atoms. The summed E-state index contributed by atoms with van der Waals surface area (Å²) >= 11 is 0. The third-order valence-corrected chi connectivity index (χ3v) is 4.00. The van der Waals surface area contributed by atoms with Gasteiger partial charge in [0.15, 0.2) is 18.1 Å². The van der Waals surface area contributed by atoms with Crippen LogP contribution in [0.4, 0.5) is 0 Å². The van der Waals surface area contributed by atoms with Crippen LogP contribution in [0.2, 0.25) is 0 Å². The first-order valence-electron chi connectivity index (χ1n) is 8.94. The number of nitrogens with zero attached hydrogens (tertiary/aromatic N) is 1. The highest BCUT2D eigenvalue weighted by molar-refractivity contribution is 5.89.